The molecule has 168 valence electrons. The monoisotopic (exact) mass is 397 g/mol. The smallest absolute Gasteiger partial charge is 0.307 e. The molecule has 0 aromatic heterocycles. The van der Waals surface area contributed by atoms with Crippen molar-refractivity contribution in [2.75, 3.05) is 13.1 Å². The maximum atomic E-state index is 12.0. The van der Waals surface area contributed by atoms with E-state index in [0.717, 1.165) is 32.4 Å². The number of nitrogens with zero attached hydrogens (tertiary/aromatic N) is 1. The topological polar surface area (TPSA) is 29.5 Å². The van der Waals surface area contributed by atoms with Crippen molar-refractivity contribution in [3.05, 3.63) is 0 Å². The van der Waals surface area contributed by atoms with Gasteiger partial charge in [0.05, 0.1) is 0 Å². The van der Waals surface area contributed by atoms with Crippen molar-refractivity contribution in [2.24, 2.45) is 0 Å². The Balaban J connectivity index is 3.39. The Hall–Kier alpha value is -0.570. The van der Waals surface area contributed by atoms with Gasteiger partial charge in [-0.3, -0.25) is 9.69 Å². The minimum Gasteiger partial charge on any atom is -0.446 e. The van der Waals surface area contributed by atoms with Crippen molar-refractivity contribution in [3.8, 4) is 0 Å². The van der Waals surface area contributed by atoms with Gasteiger partial charge in [-0.05, 0) is 25.9 Å². The van der Waals surface area contributed by atoms with E-state index >= 15 is 0 Å². The van der Waals surface area contributed by atoms with Gasteiger partial charge in [0.25, 0.3) is 0 Å². The molecule has 0 aromatic rings. The van der Waals surface area contributed by atoms with Crippen molar-refractivity contribution in [3.63, 3.8) is 0 Å². The van der Waals surface area contributed by atoms with Gasteiger partial charge in [0, 0.05) is 6.42 Å². The van der Waals surface area contributed by atoms with E-state index in [0.29, 0.717) is 6.42 Å². The number of unbranched alkanes of at least 4 members (excludes halogenated alkanes) is 14. The zero-order chi connectivity index (χ0) is 20.9. The van der Waals surface area contributed by atoms with Crippen LogP contribution in [0.5, 0.6) is 0 Å². The predicted octanol–water partition coefficient (Wildman–Crippen LogP) is 7.87. The van der Waals surface area contributed by atoms with Gasteiger partial charge in [0.1, 0.15) is 0 Å². The molecular formula is C25H51NO2. The molecule has 0 saturated carbocycles. The molecule has 0 radical (unpaired) electrons. The molecule has 3 heteroatoms. The average molecular weight is 398 g/mol. The van der Waals surface area contributed by atoms with Crippen molar-refractivity contribution in [1.82, 2.24) is 4.90 Å². The molecule has 1 unspecified atom stereocenters. The highest BCUT2D eigenvalue weighted by Crippen LogP contribution is 2.14. The van der Waals surface area contributed by atoms with Crippen LogP contribution in [-0.4, -0.2) is 30.2 Å². The Morgan fingerprint density at radius 1 is 0.643 bits per heavy atom. The van der Waals surface area contributed by atoms with Gasteiger partial charge in [-0.15, -0.1) is 0 Å². The molecule has 28 heavy (non-hydrogen) atoms. The Morgan fingerprint density at radius 3 is 1.39 bits per heavy atom. The maximum Gasteiger partial charge on any atom is 0.307 e. The third-order valence-electron chi connectivity index (χ3n) is 5.82. The Labute approximate surface area is 177 Å². The number of carbonyl (C=O) groups is 1. The summed E-state index contributed by atoms with van der Waals surface area (Å²) in [6.07, 6.45) is 21.7. The molecule has 0 saturated heterocycles. The van der Waals surface area contributed by atoms with Crippen molar-refractivity contribution < 1.29 is 9.53 Å². The summed E-state index contributed by atoms with van der Waals surface area (Å²) in [5, 5.41) is 0. The lowest BCUT2D eigenvalue weighted by Gasteiger charge is -2.28. The van der Waals surface area contributed by atoms with Crippen LogP contribution in [0.25, 0.3) is 0 Å². The van der Waals surface area contributed by atoms with Gasteiger partial charge in [-0.1, -0.05) is 118 Å². The van der Waals surface area contributed by atoms with Gasteiger partial charge in [-0.25, -0.2) is 0 Å². The molecule has 0 amide bonds. The van der Waals surface area contributed by atoms with Gasteiger partial charge in [0.15, 0.2) is 6.23 Å². The standard InChI is InChI=1S/C25H51NO2/c1-5-9-10-11-12-13-14-15-16-17-18-19-20-21-22-23-25(27)28-24(6-2)26(7-3)8-4/h24H,5-23H2,1-4H3. The summed E-state index contributed by atoms with van der Waals surface area (Å²) in [5.74, 6) is -0.0200. The lowest BCUT2D eigenvalue weighted by Crippen LogP contribution is -2.38. The molecule has 0 N–H and O–H groups in total. The molecule has 0 bridgehead atoms. The first-order valence-electron chi connectivity index (χ1n) is 12.6. The molecule has 0 aliphatic rings. The second kappa shape index (κ2) is 21.1. The van der Waals surface area contributed by atoms with Crippen LogP contribution in [0.15, 0.2) is 0 Å². The highest BCUT2D eigenvalue weighted by molar-refractivity contribution is 5.69. The van der Waals surface area contributed by atoms with Crippen LogP contribution >= 0.6 is 0 Å². The van der Waals surface area contributed by atoms with E-state index in [4.69, 9.17) is 4.74 Å². The van der Waals surface area contributed by atoms with Crippen LogP contribution in [0.1, 0.15) is 137 Å². The third kappa shape index (κ3) is 16.4. The molecular weight excluding hydrogens is 346 g/mol. The first-order chi connectivity index (χ1) is 13.7. The SMILES string of the molecule is CCCCCCCCCCCCCCCCCC(=O)OC(CC)N(CC)CC. The second-order valence-electron chi connectivity index (χ2n) is 8.27. The fourth-order valence-corrected chi connectivity index (χ4v) is 3.90. The zero-order valence-electron chi connectivity index (χ0n) is 19.8. The van der Waals surface area contributed by atoms with Crippen LogP contribution in [0, 0.1) is 0 Å². The summed E-state index contributed by atoms with van der Waals surface area (Å²) in [6, 6.07) is 0. The summed E-state index contributed by atoms with van der Waals surface area (Å²) in [7, 11) is 0. The van der Waals surface area contributed by atoms with E-state index in [9.17, 15) is 4.79 Å². The third-order valence-corrected chi connectivity index (χ3v) is 5.82. The molecule has 0 aromatic carbocycles. The van der Waals surface area contributed by atoms with Crippen molar-refractivity contribution in [1.29, 1.82) is 0 Å². The first-order valence-corrected chi connectivity index (χ1v) is 12.6. The number of hydrogen-bond donors (Lipinski definition) is 0. The maximum absolute atomic E-state index is 12.0. The lowest BCUT2D eigenvalue weighted by molar-refractivity contribution is -0.159. The van der Waals surface area contributed by atoms with Crippen LogP contribution in [-0.2, 0) is 9.53 Å². The number of hydrogen-bond acceptors (Lipinski definition) is 3. The van der Waals surface area contributed by atoms with E-state index in [1.54, 1.807) is 0 Å². The fraction of sp³-hybridized carbons (Fsp3) is 0.960. The molecule has 0 aliphatic carbocycles. The van der Waals surface area contributed by atoms with E-state index in [-0.39, 0.29) is 12.2 Å². The molecule has 1 atom stereocenters. The molecule has 3 nitrogen and oxygen atoms in total. The molecule has 0 aliphatic heterocycles. The number of rotatable bonds is 21. The van der Waals surface area contributed by atoms with Crippen LogP contribution < -0.4 is 0 Å². The molecule has 0 rings (SSSR count). The molecule has 0 heterocycles. The largest absolute Gasteiger partial charge is 0.446 e. The Morgan fingerprint density at radius 2 is 1.04 bits per heavy atom. The summed E-state index contributed by atoms with van der Waals surface area (Å²) in [5.41, 5.74) is 0. The van der Waals surface area contributed by atoms with Gasteiger partial charge in [0.2, 0.25) is 0 Å². The number of ether oxygens (including phenoxy) is 1. The van der Waals surface area contributed by atoms with E-state index in [1.165, 1.54) is 83.5 Å². The predicted molar refractivity (Wildman–Crippen MR) is 123 cm³/mol. The molecule has 0 fully saturated rings. The van der Waals surface area contributed by atoms with Crippen molar-refractivity contribution >= 4 is 5.97 Å². The van der Waals surface area contributed by atoms with Crippen LogP contribution in [0.2, 0.25) is 0 Å². The summed E-state index contributed by atoms with van der Waals surface area (Å²) >= 11 is 0. The Kier molecular flexibility index (Phi) is 20.7. The van der Waals surface area contributed by atoms with Crippen LogP contribution in [0.4, 0.5) is 0 Å². The Bertz CT molecular complexity index is 329. The lowest BCUT2D eigenvalue weighted by atomic mass is 10.0. The minimum absolute atomic E-state index is 0.0200. The zero-order valence-corrected chi connectivity index (χ0v) is 19.8. The first kappa shape index (κ1) is 27.4. The highest BCUT2D eigenvalue weighted by Gasteiger charge is 2.17. The minimum atomic E-state index is -0.0427. The molecule has 0 spiro atoms. The fourth-order valence-electron chi connectivity index (χ4n) is 3.90. The summed E-state index contributed by atoms with van der Waals surface area (Å²) in [4.78, 5) is 14.2. The van der Waals surface area contributed by atoms with Gasteiger partial charge >= 0.3 is 5.97 Å². The van der Waals surface area contributed by atoms with Crippen LogP contribution in [0.3, 0.4) is 0 Å². The normalized spacial score (nSPS) is 12.5. The van der Waals surface area contributed by atoms with E-state index < -0.39 is 0 Å². The summed E-state index contributed by atoms with van der Waals surface area (Å²) < 4.78 is 5.65. The van der Waals surface area contributed by atoms with Crippen molar-refractivity contribution in [2.45, 2.75) is 143 Å². The number of carbonyl (C=O) groups excluding carboxylic acids is 1. The quantitative estimate of drug-likeness (QED) is 0.112. The second-order valence-corrected chi connectivity index (χ2v) is 8.27. The van der Waals surface area contributed by atoms with E-state index in [1.807, 2.05) is 0 Å². The van der Waals surface area contributed by atoms with Gasteiger partial charge < -0.3 is 4.74 Å². The highest BCUT2D eigenvalue weighted by atomic mass is 16.6. The summed E-state index contributed by atoms with van der Waals surface area (Å²) in [6.45, 7) is 10.5. The van der Waals surface area contributed by atoms with E-state index in [2.05, 4.69) is 32.6 Å². The number of esters is 1. The van der Waals surface area contributed by atoms with Gasteiger partial charge in [-0.2, -0.15) is 0 Å². The average Bonchev–Trinajstić information content (AvgIpc) is 2.70.